The highest BCUT2D eigenvalue weighted by molar-refractivity contribution is 6.35. The maximum atomic E-state index is 6.10. The van der Waals surface area contributed by atoms with Crippen LogP contribution in [0.2, 0.25) is 10.0 Å². The fraction of sp³-hybridized carbons (Fsp3) is 0.143. The van der Waals surface area contributed by atoms with E-state index in [1.807, 2.05) is 36.4 Å². The number of rotatable bonds is 4. The van der Waals surface area contributed by atoms with Gasteiger partial charge in [-0.2, -0.15) is 0 Å². The lowest BCUT2D eigenvalue weighted by Crippen LogP contribution is -1.99. The molecule has 1 nitrogen and oxygen atoms in total. The largest absolute Gasteiger partial charge is 0.381 e. The minimum atomic E-state index is 0.531. The van der Waals surface area contributed by atoms with Crippen LogP contribution in [-0.2, 0) is 12.4 Å². The Morgan fingerprint density at radius 1 is 0.944 bits per heavy atom. The summed E-state index contributed by atoms with van der Waals surface area (Å²) in [5.74, 6) is 0.531. The van der Waals surface area contributed by atoms with Crippen molar-refractivity contribution >= 4 is 40.5 Å². The van der Waals surface area contributed by atoms with E-state index in [0.29, 0.717) is 22.5 Å². The molecule has 0 fully saturated rings. The molecule has 0 aliphatic carbocycles. The van der Waals surface area contributed by atoms with Crippen molar-refractivity contribution in [2.45, 2.75) is 12.4 Å². The quantitative estimate of drug-likeness (QED) is 0.751. The van der Waals surface area contributed by atoms with Crippen LogP contribution in [0.1, 0.15) is 11.1 Å². The number of benzene rings is 2. The molecule has 0 heterocycles. The zero-order valence-electron chi connectivity index (χ0n) is 9.59. The minimum Gasteiger partial charge on any atom is -0.381 e. The topological polar surface area (TPSA) is 12.0 Å². The van der Waals surface area contributed by atoms with E-state index in [-0.39, 0.29) is 0 Å². The summed E-state index contributed by atoms with van der Waals surface area (Å²) in [5, 5.41) is 4.62. The zero-order chi connectivity index (χ0) is 13.0. The van der Waals surface area contributed by atoms with Crippen LogP contribution in [0.3, 0.4) is 0 Å². The van der Waals surface area contributed by atoms with Crippen LogP contribution in [0.15, 0.2) is 42.5 Å². The van der Waals surface area contributed by atoms with Gasteiger partial charge in [0.15, 0.2) is 0 Å². The maximum absolute atomic E-state index is 6.10. The summed E-state index contributed by atoms with van der Waals surface area (Å²) in [6.45, 7) is 0.663. The Kier molecular flexibility index (Phi) is 4.76. The summed E-state index contributed by atoms with van der Waals surface area (Å²) in [7, 11) is 0. The molecular weight excluding hydrogens is 289 g/mol. The molecule has 0 atom stereocenters. The van der Waals surface area contributed by atoms with Crippen molar-refractivity contribution in [3.63, 3.8) is 0 Å². The molecule has 4 heteroatoms. The number of hydrogen-bond acceptors (Lipinski definition) is 1. The molecule has 2 aromatic carbocycles. The van der Waals surface area contributed by atoms with Gasteiger partial charge in [0.25, 0.3) is 0 Å². The van der Waals surface area contributed by atoms with Crippen LogP contribution in [0.4, 0.5) is 5.69 Å². The van der Waals surface area contributed by atoms with Gasteiger partial charge in [-0.25, -0.2) is 0 Å². The first kappa shape index (κ1) is 13.5. The minimum absolute atomic E-state index is 0.531. The SMILES string of the molecule is ClCc1ccc(NCc2ccc(Cl)cc2Cl)cc1. The summed E-state index contributed by atoms with van der Waals surface area (Å²) >= 11 is 17.7. The molecule has 0 saturated heterocycles. The Hall–Kier alpha value is -0.890. The molecule has 0 aliphatic rings. The number of hydrogen-bond donors (Lipinski definition) is 1. The van der Waals surface area contributed by atoms with Crippen molar-refractivity contribution in [2.24, 2.45) is 0 Å². The smallest absolute Gasteiger partial charge is 0.0474 e. The maximum Gasteiger partial charge on any atom is 0.0474 e. The van der Waals surface area contributed by atoms with E-state index in [0.717, 1.165) is 16.8 Å². The van der Waals surface area contributed by atoms with Crippen LogP contribution in [0.25, 0.3) is 0 Å². The van der Waals surface area contributed by atoms with Gasteiger partial charge in [0.1, 0.15) is 0 Å². The van der Waals surface area contributed by atoms with Gasteiger partial charge in [-0.1, -0.05) is 41.4 Å². The fourth-order valence-electron chi connectivity index (χ4n) is 1.57. The molecule has 0 amide bonds. The van der Waals surface area contributed by atoms with Gasteiger partial charge in [0.2, 0.25) is 0 Å². The molecule has 18 heavy (non-hydrogen) atoms. The van der Waals surface area contributed by atoms with Gasteiger partial charge < -0.3 is 5.32 Å². The molecule has 1 N–H and O–H groups in total. The predicted molar refractivity (Wildman–Crippen MR) is 79.8 cm³/mol. The summed E-state index contributed by atoms with van der Waals surface area (Å²) in [5.41, 5.74) is 3.16. The van der Waals surface area contributed by atoms with Crippen LogP contribution >= 0.6 is 34.8 Å². The third-order valence-corrected chi connectivity index (χ3v) is 3.50. The highest BCUT2D eigenvalue weighted by atomic mass is 35.5. The summed E-state index contributed by atoms with van der Waals surface area (Å²) in [4.78, 5) is 0. The highest BCUT2D eigenvalue weighted by Gasteiger charge is 2.01. The second-order valence-electron chi connectivity index (χ2n) is 3.92. The normalized spacial score (nSPS) is 10.4. The van der Waals surface area contributed by atoms with E-state index < -0.39 is 0 Å². The monoisotopic (exact) mass is 299 g/mol. The van der Waals surface area contributed by atoms with E-state index in [4.69, 9.17) is 34.8 Å². The molecule has 0 unspecified atom stereocenters. The van der Waals surface area contributed by atoms with E-state index in [9.17, 15) is 0 Å². The number of nitrogens with one attached hydrogen (secondary N) is 1. The average molecular weight is 301 g/mol. The zero-order valence-corrected chi connectivity index (χ0v) is 11.9. The molecule has 0 saturated carbocycles. The summed E-state index contributed by atoms with van der Waals surface area (Å²) < 4.78 is 0. The lowest BCUT2D eigenvalue weighted by atomic mass is 10.2. The predicted octanol–water partition coefficient (Wildman–Crippen LogP) is 5.34. The highest BCUT2D eigenvalue weighted by Crippen LogP contribution is 2.22. The first-order valence-electron chi connectivity index (χ1n) is 5.52. The van der Waals surface area contributed by atoms with Gasteiger partial charge in [-0.3, -0.25) is 0 Å². The van der Waals surface area contributed by atoms with E-state index >= 15 is 0 Å². The Labute approximate surface area is 122 Å². The van der Waals surface area contributed by atoms with Crippen LogP contribution < -0.4 is 5.32 Å². The Morgan fingerprint density at radius 3 is 2.28 bits per heavy atom. The molecule has 0 bridgehead atoms. The third-order valence-electron chi connectivity index (χ3n) is 2.61. The first-order valence-corrected chi connectivity index (χ1v) is 6.81. The van der Waals surface area contributed by atoms with Crippen LogP contribution in [-0.4, -0.2) is 0 Å². The van der Waals surface area contributed by atoms with Crippen molar-refractivity contribution in [3.8, 4) is 0 Å². The molecular formula is C14H12Cl3N. The van der Waals surface area contributed by atoms with Crippen molar-refractivity contribution in [2.75, 3.05) is 5.32 Å². The molecule has 0 spiro atoms. The molecule has 2 rings (SSSR count). The van der Waals surface area contributed by atoms with Gasteiger partial charge in [0.05, 0.1) is 0 Å². The molecule has 0 aliphatic heterocycles. The van der Waals surface area contributed by atoms with E-state index in [1.54, 1.807) is 6.07 Å². The Bertz CT molecular complexity index is 523. The third kappa shape index (κ3) is 3.55. The van der Waals surface area contributed by atoms with Crippen molar-refractivity contribution < 1.29 is 0 Å². The van der Waals surface area contributed by atoms with Crippen molar-refractivity contribution in [1.82, 2.24) is 0 Å². The number of halogens is 3. The van der Waals surface area contributed by atoms with Gasteiger partial charge >= 0.3 is 0 Å². The fourth-order valence-corrected chi connectivity index (χ4v) is 2.23. The molecule has 0 aromatic heterocycles. The lowest BCUT2D eigenvalue weighted by molar-refractivity contribution is 1.15. The molecule has 94 valence electrons. The van der Waals surface area contributed by atoms with Gasteiger partial charge in [0, 0.05) is 28.2 Å². The standard InChI is InChI=1S/C14H12Cl3N/c15-8-10-1-5-13(6-2-10)18-9-11-3-4-12(16)7-14(11)17/h1-7,18H,8-9H2. The Morgan fingerprint density at radius 2 is 1.67 bits per heavy atom. The number of alkyl halides is 1. The second kappa shape index (κ2) is 6.33. The van der Waals surface area contributed by atoms with Crippen LogP contribution in [0.5, 0.6) is 0 Å². The van der Waals surface area contributed by atoms with E-state index in [1.165, 1.54) is 0 Å². The average Bonchev–Trinajstić information content (AvgIpc) is 2.38. The lowest BCUT2D eigenvalue weighted by Gasteiger charge is -2.08. The van der Waals surface area contributed by atoms with Crippen molar-refractivity contribution in [3.05, 3.63) is 63.6 Å². The number of anilines is 1. The summed E-state index contributed by atoms with van der Waals surface area (Å²) in [6.07, 6.45) is 0. The van der Waals surface area contributed by atoms with Crippen molar-refractivity contribution in [1.29, 1.82) is 0 Å². The van der Waals surface area contributed by atoms with Gasteiger partial charge in [-0.15, -0.1) is 11.6 Å². The Balaban J connectivity index is 2.02. The summed E-state index contributed by atoms with van der Waals surface area (Å²) in [6, 6.07) is 13.5. The molecule has 0 radical (unpaired) electrons. The van der Waals surface area contributed by atoms with Crippen LogP contribution in [0, 0.1) is 0 Å². The van der Waals surface area contributed by atoms with Gasteiger partial charge in [-0.05, 0) is 35.4 Å². The first-order chi connectivity index (χ1) is 8.69. The second-order valence-corrected chi connectivity index (χ2v) is 5.03. The van der Waals surface area contributed by atoms with E-state index in [2.05, 4.69) is 5.32 Å². The molecule has 2 aromatic rings.